The molecule has 190 valence electrons. The summed E-state index contributed by atoms with van der Waals surface area (Å²) in [5, 5.41) is 2.87. The number of furan rings is 1. The summed E-state index contributed by atoms with van der Waals surface area (Å²) >= 11 is 0. The van der Waals surface area contributed by atoms with Gasteiger partial charge in [0.2, 0.25) is 10.0 Å². The van der Waals surface area contributed by atoms with Crippen molar-refractivity contribution in [2.45, 2.75) is 52.3 Å². The van der Waals surface area contributed by atoms with Gasteiger partial charge in [-0.15, -0.1) is 0 Å². The number of fused-ring (bicyclic) bond motifs is 1. The van der Waals surface area contributed by atoms with Crippen molar-refractivity contribution in [2.24, 2.45) is 0 Å². The average molecular weight is 507 g/mol. The highest BCUT2D eigenvalue weighted by molar-refractivity contribution is 7.92. The summed E-state index contributed by atoms with van der Waals surface area (Å²) in [6.45, 7) is -1.70. The Morgan fingerprint density at radius 3 is 2.51 bits per heavy atom. The van der Waals surface area contributed by atoms with E-state index in [9.17, 15) is 13.2 Å². The first-order chi connectivity index (χ1) is 19.0. The van der Waals surface area contributed by atoms with Gasteiger partial charge in [0.15, 0.2) is 5.78 Å². The van der Waals surface area contributed by atoms with Gasteiger partial charge in [-0.2, -0.15) is 0 Å². The summed E-state index contributed by atoms with van der Waals surface area (Å²) in [5.41, 5.74) is 1.22. The molecule has 0 radical (unpaired) electrons. The van der Waals surface area contributed by atoms with Gasteiger partial charge in [-0.25, -0.2) is 8.42 Å². The van der Waals surface area contributed by atoms with E-state index in [1.54, 1.807) is 18.2 Å². The van der Waals surface area contributed by atoms with E-state index in [0.29, 0.717) is 29.6 Å². The fourth-order valence-corrected chi connectivity index (χ4v) is 4.04. The molecule has 1 heterocycles. The van der Waals surface area contributed by atoms with Gasteiger partial charge >= 0.3 is 0 Å². The zero-order chi connectivity index (χ0) is 30.6. The molecule has 8 heteroatoms. The first-order valence-corrected chi connectivity index (χ1v) is 13.5. The minimum atomic E-state index is -3.55. The predicted octanol–water partition coefficient (Wildman–Crippen LogP) is 5.54. The first-order valence-electron chi connectivity index (χ1n) is 14.6. The summed E-state index contributed by atoms with van der Waals surface area (Å²) in [6, 6.07) is 10.1. The Morgan fingerprint density at radius 1 is 1.09 bits per heavy atom. The quantitative estimate of drug-likeness (QED) is 0.208. The first kappa shape index (κ1) is 19.4. The maximum atomic E-state index is 13.7. The summed E-state index contributed by atoms with van der Waals surface area (Å²) < 4.78 is 86.0. The van der Waals surface area contributed by atoms with Crippen LogP contribution in [0.3, 0.4) is 0 Å². The Morgan fingerprint density at radius 2 is 1.83 bits per heavy atom. The van der Waals surface area contributed by atoms with Crippen LogP contribution >= 0.6 is 0 Å². The van der Waals surface area contributed by atoms with Crippen molar-refractivity contribution >= 4 is 32.5 Å². The van der Waals surface area contributed by atoms with Crippen LogP contribution in [0.25, 0.3) is 11.0 Å². The summed E-state index contributed by atoms with van der Waals surface area (Å²) in [6.07, 6.45) is 1.43. The molecule has 0 aliphatic heterocycles. The Kier molecular flexibility index (Phi) is 7.05. The van der Waals surface area contributed by atoms with Crippen LogP contribution in [0.1, 0.15) is 75.8 Å². The summed E-state index contributed by atoms with van der Waals surface area (Å²) in [5.74, 6) is -0.0265. The average Bonchev–Trinajstić information content (AvgIpc) is 3.23. The second kappa shape index (κ2) is 12.7. The maximum absolute atomic E-state index is 13.7. The van der Waals surface area contributed by atoms with Crippen molar-refractivity contribution < 1.29 is 30.6 Å². The molecule has 0 fully saturated rings. The lowest BCUT2D eigenvalue weighted by atomic mass is 9.98. The highest BCUT2D eigenvalue weighted by Crippen LogP contribution is 2.32. The SMILES string of the molecule is [2H]C([2H])(NCCCC)C([2H])([2H])C([2H])([2H])Oc1ccc(C(=O)c2c(CCCC)oc3ccc(NS(C)(=O)=O)cc23)cc1. The van der Waals surface area contributed by atoms with Crippen LogP contribution in [0, 0.1) is 0 Å². The number of rotatable bonds is 15. The van der Waals surface area contributed by atoms with Crippen LogP contribution in [0.15, 0.2) is 46.9 Å². The third-order valence-corrected chi connectivity index (χ3v) is 5.80. The van der Waals surface area contributed by atoms with Gasteiger partial charge in [0.25, 0.3) is 0 Å². The molecule has 0 saturated carbocycles. The number of sulfonamides is 1. The van der Waals surface area contributed by atoms with E-state index in [4.69, 9.17) is 17.4 Å². The number of unbranched alkanes of at least 4 members (excludes halogenated alkanes) is 2. The number of aryl methyl sites for hydroxylation is 1. The normalized spacial score (nSPS) is 15.4. The zero-order valence-electron chi connectivity index (χ0n) is 26.2. The van der Waals surface area contributed by atoms with E-state index < -0.39 is 35.2 Å². The molecule has 3 aromatic rings. The van der Waals surface area contributed by atoms with Crippen molar-refractivity contribution in [3.05, 3.63) is 59.4 Å². The van der Waals surface area contributed by atoms with E-state index in [1.807, 2.05) is 13.8 Å². The molecule has 0 aliphatic rings. The second-order valence-electron chi connectivity index (χ2n) is 8.18. The second-order valence-corrected chi connectivity index (χ2v) is 9.93. The van der Waals surface area contributed by atoms with Crippen molar-refractivity contribution in [2.75, 3.05) is 30.6 Å². The molecule has 2 aromatic carbocycles. The summed E-state index contributed by atoms with van der Waals surface area (Å²) in [7, 11) is -3.55. The molecular formula is C27H36N2O5S. The van der Waals surface area contributed by atoms with Gasteiger partial charge in [0.1, 0.15) is 17.1 Å². The number of carbonyl (C=O) groups is 1. The molecule has 7 nitrogen and oxygen atoms in total. The van der Waals surface area contributed by atoms with Crippen LogP contribution in [0.4, 0.5) is 5.69 Å². The standard InChI is InChI=1S/C27H36N2O5S/c1-4-6-9-25-26(23-19-21(29-35(3,31)32)12-15-24(23)34-25)27(30)20-10-13-22(14-11-20)33-18-8-17-28-16-7-5-2/h10-15,19,28-29H,4-9,16-18H2,1-3H3/i8D2,17D2,18D2. The van der Waals surface area contributed by atoms with Gasteiger partial charge in [-0.3, -0.25) is 9.52 Å². The minimum Gasteiger partial charge on any atom is -0.494 e. The lowest BCUT2D eigenvalue weighted by Gasteiger charge is -2.08. The number of ether oxygens (including phenoxy) is 1. The molecule has 0 spiro atoms. The van der Waals surface area contributed by atoms with E-state index in [1.165, 1.54) is 24.3 Å². The predicted molar refractivity (Wildman–Crippen MR) is 141 cm³/mol. The lowest BCUT2D eigenvalue weighted by Crippen LogP contribution is -2.18. The summed E-state index contributed by atoms with van der Waals surface area (Å²) in [4.78, 5) is 13.7. The fourth-order valence-electron chi connectivity index (χ4n) is 3.49. The topological polar surface area (TPSA) is 97.6 Å². The number of hydrogen-bond acceptors (Lipinski definition) is 6. The van der Waals surface area contributed by atoms with Crippen molar-refractivity contribution in [3.63, 3.8) is 0 Å². The van der Waals surface area contributed by atoms with Gasteiger partial charge in [-0.05, 0) is 74.7 Å². The van der Waals surface area contributed by atoms with Gasteiger partial charge < -0.3 is 14.5 Å². The third-order valence-electron chi connectivity index (χ3n) is 5.19. The van der Waals surface area contributed by atoms with E-state index in [2.05, 4.69) is 10.0 Å². The van der Waals surface area contributed by atoms with Crippen LogP contribution < -0.4 is 14.8 Å². The maximum Gasteiger partial charge on any atom is 0.229 e. The number of nitrogens with one attached hydrogen (secondary N) is 2. The third kappa shape index (κ3) is 7.83. The smallest absolute Gasteiger partial charge is 0.229 e. The number of carbonyl (C=O) groups excluding carboxylic acids is 1. The van der Waals surface area contributed by atoms with Crippen LogP contribution in [-0.4, -0.2) is 40.1 Å². The van der Waals surface area contributed by atoms with E-state index in [-0.39, 0.29) is 29.1 Å². The zero-order valence-corrected chi connectivity index (χ0v) is 21.1. The number of hydrogen-bond donors (Lipinski definition) is 2. The molecule has 35 heavy (non-hydrogen) atoms. The monoisotopic (exact) mass is 506 g/mol. The Hall–Kier alpha value is -2.84. The van der Waals surface area contributed by atoms with Crippen LogP contribution in [0.2, 0.25) is 0 Å². The molecule has 0 unspecified atom stereocenters. The fraction of sp³-hybridized carbons (Fsp3) is 0.444. The lowest BCUT2D eigenvalue weighted by molar-refractivity contribution is 0.103. The van der Waals surface area contributed by atoms with Gasteiger partial charge in [-0.1, -0.05) is 26.7 Å². The minimum absolute atomic E-state index is 0.0947. The van der Waals surface area contributed by atoms with Crippen molar-refractivity contribution in [1.82, 2.24) is 5.32 Å². The molecule has 3 rings (SSSR count). The van der Waals surface area contributed by atoms with Crippen LogP contribution in [-0.2, 0) is 16.4 Å². The molecule has 0 saturated heterocycles. The number of benzene rings is 2. The molecule has 0 amide bonds. The Balaban J connectivity index is 1.91. The van der Waals surface area contributed by atoms with Gasteiger partial charge in [0.05, 0.1) is 21.1 Å². The molecule has 0 atom stereocenters. The van der Waals surface area contributed by atoms with Crippen molar-refractivity contribution in [1.29, 1.82) is 0 Å². The Labute approximate surface area is 216 Å². The Bertz CT molecular complexity index is 1470. The molecule has 2 N–H and O–H groups in total. The van der Waals surface area contributed by atoms with Crippen LogP contribution in [0.5, 0.6) is 5.75 Å². The van der Waals surface area contributed by atoms with Crippen molar-refractivity contribution in [3.8, 4) is 5.75 Å². The molecule has 0 bridgehead atoms. The highest BCUT2D eigenvalue weighted by Gasteiger charge is 2.22. The molecule has 1 aromatic heterocycles. The number of anilines is 1. The van der Waals surface area contributed by atoms with E-state index >= 15 is 0 Å². The molecular weight excluding hydrogens is 464 g/mol. The molecule has 0 aliphatic carbocycles. The number of ketones is 1. The van der Waals surface area contributed by atoms with Gasteiger partial charge in [0, 0.05) is 28.5 Å². The van der Waals surface area contributed by atoms with E-state index in [0.717, 1.165) is 25.5 Å². The largest absolute Gasteiger partial charge is 0.494 e. The highest BCUT2D eigenvalue weighted by atomic mass is 32.2.